The van der Waals surface area contributed by atoms with Crippen LogP contribution in [0.4, 0.5) is 0 Å². The van der Waals surface area contributed by atoms with Gasteiger partial charge in [0, 0.05) is 31.5 Å². The molecule has 0 aliphatic heterocycles. The van der Waals surface area contributed by atoms with Crippen LogP contribution in [0.5, 0.6) is 5.75 Å². The fraction of sp³-hybridized carbons (Fsp3) is 0.438. The van der Waals surface area contributed by atoms with Crippen molar-refractivity contribution in [1.82, 2.24) is 14.9 Å². The van der Waals surface area contributed by atoms with Crippen molar-refractivity contribution >= 4 is 11.6 Å². The zero-order chi connectivity index (χ0) is 15.2. The summed E-state index contributed by atoms with van der Waals surface area (Å²) < 4.78 is 7.82. The Morgan fingerprint density at radius 3 is 2.86 bits per heavy atom. The van der Waals surface area contributed by atoms with Gasteiger partial charge in [-0.1, -0.05) is 31.5 Å². The summed E-state index contributed by atoms with van der Waals surface area (Å²) in [6.45, 7) is 8.42. The van der Waals surface area contributed by atoms with Crippen molar-refractivity contribution in [1.29, 1.82) is 0 Å². The second-order valence-corrected chi connectivity index (χ2v) is 5.63. The van der Waals surface area contributed by atoms with Crippen LogP contribution in [0, 0.1) is 0 Å². The van der Waals surface area contributed by atoms with Crippen LogP contribution in [-0.2, 0) is 19.7 Å². The third-order valence-electron chi connectivity index (χ3n) is 3.21. The highest BCUT2D eigenvalue weighted by molar-refractivity contribution is 6.32. The Balaban J connectivity index is 1.97. The molecule has 0 saturated heterocycles. The molecule has 0 atom stereocenters. The molecule has 2 aromatic rings. The lowest BCUT2D eigenvalue weighted by Crippen LogP contribution is -2.21. The van der Waals surface area contributed by atoms with Crippen molar-refractivity contribution in [2.45, 2.75) is 46.5 Å². The van der Waals surface area contributed by atoms with Crippen molar-refractivity contribution in [3.8, 4) is 5.75 Å². The average Bonchev–Trinajstić information content (AvgIpc) is 2.91. The van der Waals surface area contributed by atoms with Crippen molar-refractivity contribution in [3.63, 3.8) is 0 Å². The third-order valence-corrected chi connectivity index (χ3v) is 3.51. The summed E-state index contributed by atoms with van der Waals surface area (Å²) in [5.41, 5.74) is 1.15. The summed E-state index contributed by atoms with van der Waals surface area (Å²) in [6.07, 6.45) is 3.73. The topological polar surface area (TPSA) is 39.1 Å². The second-order valence-electron chi connectivity index (χ2n) is 5.22. The fourth-order valence-corrected chi connectivity index (χ4v) is 2.26. The van der Waals surface area contributed by atoms with Crippen LogP contribution in [0.1, 0.15) is 32.2 Å². The maximum atomic E-state index is 6.28. The van der Waals surface area contributed by atoms with E-state index in [-0.39, 0.29) is 0 Å². The van der Waals surface area contributed by atoms with E-state index < -0.39 is 0 Å². The number of hydrogen-bond donors (Lipinski definition) is 1. The first-order valence-corrected chi connectivity index (χ1v) is 7.62. The molecule has 0 amide bonds. The number of halogens is 1. The minimum absolute atomic E-state index is 0.421. The Kier molecular flexibility index (Phi) is 5.65. The van der Waals surface area contributed by atoms with Gasteiger partial charge in [-0.25, -0.2) is 4.98 Å². The molecule has 0 radical (unpaired) electrons. The third kappa shape index (κ3) is 4.48. The molecule has 1 aromatic heterocycles. The summed E-state index contributed by atoms with van der Waals surface area (Å²) in [7, 11) is 0. The SMILES string of the molecule is CCn1ccnc1COc1ccc(CNC(C)C)cc1Cl. The average molecular weight is 308 g/mol. The van der Waals surface area contributed by atoms with Crippen molar-refractivity contribution in [2.24, 2.45) is 0 Å². The quantitative estimate of drug-likeness (QED) is 0.849. The molecule has 1 N–H and O–H groups in total. The lowest BCUT2D eigenvalue weighted by atomic mass is 10.2. The number of benzene rings is 1. The van der Waals surface area contributed by atoms with Crippen LogP contribution in [0.15, 0.2) is 30.6 Å². The smallest absolute Gasteiger partial charge is 0.146 e. The van der Waals surface area contributed by atoms with Gasteiger partial charge in [-0.15, -0.1) is 0 Å². The Morgan fingerprint density at radius 2 is 2.19 bits per heavy atom. The maximum Gasteiger partial charge on any atom is 0.146 e. The first-order chi connectivity index (χ1) is 10.1. The van der Waals surface area contributed by atoms with E-state index in [9.17, 15) is 0 Å². The molecule has 1 aromatic carbocycles. The van der Waals surface area contributed by atoms with Gasteiger partial charge >= 0.3 is 0 Å². The molecule has 5 heteroatoms. The summed E-state index contributed by atoms with van der Waals surface area (Å²) in [5.74, 6) is 1.59. The Morgan fingerprint density at radius 1 is 1.38 bits per heavy atom. The maximum absolute atomic E-state index is 6.28. The minimum atomic E-state index is 0.421. The number of rotatable bonds is 7. The Bertz CT molecular complexity index is 581. The van der Waals surface area contributed by atoms with E-state index in [1.165, 1.54) is 0 Å². The molecule has 1 heterocycles. The molecule has 0 bridgehead atoms. The highest BCUT2D eigenvalue weighted by Crippen LogP contribution is 2.26. The van der Waals surface area contributed by atoms with Gasteiger partial charge in [0.1, 0.15) is 18.2 Å². The van der Waals surface area contributed by atoms with Gasteiger partial charge in [0.05, 0.1) is 5.02 Å². The van der Waals surface area contributed by atoms with Gasteiger partial charge < -0.3 is 14.6 Å². The van der Waals surface area contributed by atoms with Crippen LogP contribution in [0.25, 0.3) is 0 Å². The minimum Gasteiger partial charge on any atom is -0.484 e. The van der Waals surface area contributed by atoms with E-state index in [0.717, 1.165) is 24.5 Å². The molecule has 0 unspecified atom stereocenters. The number of nitrogens with one attached hydrogen (secondary N) is 1. The van der Waals surface area contributed by atoms with E-state index in [4.69, 9.17) is 16.3 Å². The van der Waals surface area contributed by atoms with E-state index in [2.05, 4.69) is 35.6 Å². The largest absolute Gasteiger partial charge is 0.484 e. The monoisotopic (exact) mass is 307 g/mol. The number of aromatic nitrogens is 2. The van der Waals surface area contributed by atoms with E-state index in [1.54, 1.807) is 6.20 Å². The summed E-state index contributed by atoms with van der Waals surface area (Å²) in [4.78, 5) is 4.28. The van der Waals surface area contributed by atoms with Crippen LogP contribution < -0.4 is 10.1 Å². The number of imidazole rings is 1. The highest BCUT2D eigenvalue weighted by atomic mass is 35.5. The molecule has 0 aliphatic carbocycles. The summed E-state index contributed by atoms with van der Waals surface area (Å²) in [6, 6.07) is 6.34. The predicted octanol–water partition coefficient (Wildman–Crippen LogP) is 3.63. The lowest BCUT2D eigenvalue weighted by Gasteiger charge is -2.12. The first kappa shape index (κ1) is 15.9. The number of hydrogen-bond acceptors (Lipinski definition) is 3. The van der Waals surface area contributed by atoms with Crippen molar-refractivity contribution in [2.75, 3.05) is 0 Å². The van der Waals surface area contributed by atoms with E-state index >= 15 is 0 Å². The van der Waals surface area contributed by atoms with Gasteiger partial charge in [0.15, 0.2) is 0 Å². The number of ether oxygens (including phenoxy) is 1. The molecule has 4 nitrogen and oxygen atoms in total. The zero-order valence-corrected chi connectivity index (χ0v) is 13.5. The van der Waals surface area contributed by atoms with Crippen LogP contribution >= 0.6 is 11.6 Å². The molecule has 0 spiro atoms. The van der Waals surface area contributed by atoms with Gasteiger partial charge in [-0.2, -0.15) is 0 Å². The normalized spacial score (nSPS) is 11.1. The van der Waals surface area contributed by atoms with E-state index in [1.807, 2.05) is 24.4 Å². The summed E-state index contributed by atoms with van der Waals surface area (Å²) in [5, 5.41) is 4.00. The lowest BCUT2D eigenvalue weighted by molar-refractivity contribution is 0.290. The molecule has 0 fully saturated rings. The van der Waals surface area contributed by atoms with E-state index in [0.29, 0.717) is 23.4 Å². The highest BCUT2D eigenvalue weighted by Gasteiger charge is 2.07. The predicted molar refractivity (Wildman–Crippen MR) is 85.7 cm³/mol. The molecule has 2 rings (SSSR count). The zero-order valence-electron chi connectivity index (χ0n) is 12.8. The van der Waals surface area contributed by atoms with Gasteiger partial charge in [0.2, 0.25) is 0 Å². The van der Waals surface area contributed by atoms with Crippen molar-refractivity contribution < 1.29 is 4.74 Å². The van der Waals surface area contributed by atoms with Gasteiger partial charge in [0.25, 0.3) is 0 Å². The molecular weight excluding hydrogens is 286 g/mol. The molecule has 0 aliphatic rings. The van der Waals surface area contributed by atoms with Crippen LogP contribution in [0.2, 0.25) is 5.02 Å². The van der Waals surface area contributed by atoms with Crippen molar-refractivity contribution in [3.05, 3.63) is 47.0 Å². The molecule has 21 heavy (non-hydrogen) atoms. The second kappa shape index (κ2) is 7.48. The van der Waals surface area contributed by atoms with Gasteiger partial charge in [-0.05, 0) is 24.6 Å². The molecular formula is C16H22ClN3O. The molecule has 0 saturated carbocycles. The van der Waals surface area contributed by atoms with Gasteiger partial charge in [-0.3, -0.25) is 0 Å². The fourth-order valence-electron chi connectivity index (χ4n) is 2.00. The first-order valence-electron chi connectivity index (χ1n) is 7.24. The standard InChI is InChI=1S/C16H22ClN3O/c1-4-20-8-7-18-16(20)11-21-15-6-5-13(9-14(15)17)10-19-12(2)3/h5-9,12,19H,4,10-11H2,1-3H3. The Hall–Kier alpha value is -1.52. The van der Waals surface area contributed by atoms with Crippen LogP contribution in [0.3, 0.4) is 0 Å². The Labute approximate surface area is 131 Å². The number of nitrogens with zero attached hydrogens (tertiary/aromatic N) is 2. The van der Waals surface area contributed by atoms with Crippen LogP contribution in [-0.4, -0.2) is 15.6 Å². The number of aryl methyl sites for hydroxylation is 1. The summed E-state index contributed by atoms with van der Waals surface area (Å²) >= 11 is 6.28. The molecule has 114 valence electrons.